The Kier molecular flexibility index (Phi) is 6.34. The number of pyridine rings is 1. The molecule has 2 heterocycles. The van der Waals surface area contributed by atoms with E-state index in [1.807, 2.05) is 29.2 Å². The monoisotopic (exact) mass is 439 g/mol. The number of rotatable bonds is 7. The molecule has 3 aromatic rings. The fourth-order valence-electron chi connectivity index (χ4n) is 3.30. The SMILES string of the molecule is N=C(c1ccc(CNc2ccc(F)cc2C(O)Nc2ccc(Cl)cn2)cc1)N1CCC1. The van der Waals surface area contributed by atoms with E-state index in [9.17, 15) is 9.50 Å². The van der Waals surface area contributed by atoms with Crippen LogP contribution in [0.25, 0.3) is 0 Å². The third-order valence-corrected chi connectivity index (χ3v) is 5.43. The van der Waals surface area contributed by atoms with Crippen molar-refractivity contribution < 1.29 is 9.50 Å². The van der Waals surface area contributed by atoms with E-state index >= 15 is 0 Å². The fourth-order valence-corrected chi connectivity index (χ4v) is 3.41. The standard InChI is InChI=1S/C23H23ClFN5O/c24-17-6-9-21(28-14-17)29-23(31)19-12-18(25)7-8-20(19)27-13-15-2-4-16(5-3-15)22(26)30-10-1-11-30/h2-9,12,14,23,26-27,31H,1,10-11,13H2,(H,28,29). The number of nitrogens with one attached hydrogen (secondary N) is 3. The third kappa shape index (κ3) is 5.13. The van der Waals surface area contributed by atoms with Gasteiger partial charge in [0.2, 0.25) is 0 Å². The Balaban J connectivity index is 1.43. The Morgan fingerprint density at radius 3 is 2.58 bits per heavy atom. The summed E-state index contributed by atoms with van der Waals surface area (Å²) in [6.07, 6.45) is 1.44. The second kappa shape index (κ2) is 9.32. The molecule has 1 fully saturated rings. The van der Waals surface area contributed by atoms with Crippen molar-refractivity contribution in [2.45, 2.75) is 19.2 Å². The minimum atomic E-state index is -1.16. The number of likely N-dealkylation sites (tertiary alicyclic amines) is 1. The summed E-state index contributed by atoms with van der Waals surface area (Å²) in [7, 11) is 0. The van der Waals surface area contributed by atoms with Gasteiger partial charge in [0, 0.05) is 42.6 Å². The molecule has 1 saturated heterocycles. The smallest absolute Gasteiger partial charge is 0.154 e. The Morgan fingerprint density at radius 2 is 1.94 bits per heavy atom. The lowest BCUT2D eigenvalue weighted by atomic mass is 10.1. The molecule has 2 aromatic carbocycles. The van der Waals surface area contributed by atoms with Crippen molar-refractivity contribution >= 4 is 28.9 Å². The molecule has 0 amide bonds. The van der Waals surface area contributed by atoms with Gasteiger partial charge in [0.05, 0.1) is 5.02 Å². The number of nitrogens with zero attached hydrogens (tertiary/aromatic N) is 2. The van der Waals surface area contributed by atoms with E-state index in [1.165, 1.54) is 18.3 Å². The first kappa shape index (κ1) is 21.1. The highest BCUT2D eigenvalue weighted by Gasteiger charge is 2.18. The van der Waals surface area contributed by atoms with E-state index in [4.69, 9.17) is 17.0 Å². The van der Waals surface area contributed by atoms with E-state index in [0.717, 1.165) is 30.6 Å². The molecule has 0 spiro atoms. The molecular weight excluding hydrogens is 417 g/mol. The molecular formula is C23H23ClFN5O. The van der Waals surface area contributed by atoms with Gasteiger partial charge in [-0.15, -0.1) is 0 Å². The molecule has 0 bridgehead atoms. The van der Waals surface area contributed by atoms with Crippen LogP contribution in [0.3, 0.4) is 0 Å². The van der Waals surface area contributed by atoms with Crippen LogP contribution < -0.4 is 10.6 Å². The van der Waals surface area contributed by atoms with Crippen molar-refractivity contribution in [1.29, 1.82) is 5.41 Å². The predicted molar refractivity (Wildman–Crippen MR) is 121 cm³/mol. The topological polar surface area (TPSA) is 84.3 Å². The van der Waals surface area contributed by atoms with Crippen LogP contribution in [0.15, 0.2) is 60.8 Å². The lowest BCUT2D eigenvalue weighted by molar-refractivity contribution is 0.208. The number of amidine groups is 1. The largest absolute Gasteiger partial charge is 0.381 e. The minimum absolute atomic E-state index is 0.368. The van der Waals surface area contributed by atoms with Gasteiger partial charge in [-0.1, -0.05) is 35.9 Å². The zero-order valence-corrected chi connectivity index (χ0v) is 17.5. The van der Waals surface area contributed by atoms with Crippen LogP contribution in [-0.2, 0) is 6.54 Å². The van der Waals surface area contributed by atoms with Crippen LogP contribution in [0, 0.1) is 11.2 Å². The summed E-state index contributed by atoms with van der Waals surface area (Å²) in [6.45, 7) is 2.37. The van der Waals surface area contributed by atoms with E-state index < -0.39 is 12.0 Å². The summed E-state index contributed by atoms with van der Waals surface area (Å²) in [5.41, 5.74) is 2.87. The third-order valence-electron chi connectivity index (χ3n) is 5.20. The molecule has 160 valence electrons. The molecule has 1 aliphatic rings. The first-order valence-electron chi connectivity index (χ1n) is 10.0. The quantitative estimate of drug-likeness (QED) is 0.245. The molecule has 31 heavy (non-hydrogen) atoms. The maximum atomic E-state index is 13.9. The van der Waals surface area contributed by atoms with Gasteiger partial charge in [0.15, 0.2) is 6.23 Å². The highest BCUT2D eigenvalue weighted by Crippen LogP contribution is 2.26. The molecule has 4 N–H and O–H groups in total. The van der Waals surface area contributed by atoms with Gasteiger partial charge in [-0.05, 0) is 42.3 Å². The second-order valence-electron chi connectivity index (χ2n) is 7.38. The van der Waals surface area contributed by atoms with Gasteiger partial charge in [-0.2, -0.15) is 0 Å². The Morgan fingerprint density at radius 1 is 1.16 bits per heavy atom. The van der Waals surface area contributed by atoms with Crippen molar-refractivity contribution in [3.05, 3.63) is 88.3 Å². The number of benzene rings is 2. The fraction of sp³-hybridized carbons (Fsp3) is 0.217. The molecule has 8 heteroatoms. The van der Waals surface area contributed by atoms with Gasteiger partial charge in [-0.25, -0.2) is 9.37 Å². The maximum absolute atomic E-state index is 13.9. The summed E-state index contributed by atoms with van der Waals surface area (Å²) >= 11 is 5.84. The Bertz CT molecular complexity index is 1050. The minimum Gasteiger partial charge on any atom is -0.381 e. The zero-order chi connectivity index (χ0) is 21.8. The van der Waals surface area contributed by atoms with Crippen LogP contribution in [0.1, 0.15) is 29.3 Å². The van der Waals surface area contributed by atoms with Crippen LogP contribution in [0.4, 0.5) is 15.9 Å². The zero-order valence-electron chi connectivity index (χ0n) is 16.8. The van der Waals surface area contributed by atoms with Crippen molar-refractivity contribution in [1.82, 2.24) is 9.88 Å². The molecule has 1 unspecified atom stereocenters. The van der Waals surface area contributed by atoms with E-state index in [-0.39, 0.29) is 0 Å². The summed E-state index contributed by atoms with van der Waals surface area (Å²) < 4.78 is 13.9. The van der Waals surface area contributed by atoms with Gasteiger partial charge in [0.25, 0.3) is 0 Å². The van der Waals surface area contributed by atoms with Gasteiger partial charge < -0.3 is 20.6 Å². The van der Waals surface area contributed by atoms with Gasteiger partial charge >= 0.3 is 0 Å². The number of halogens is 2. The first-order valence-corrected chi connectivity index (χ1v) is 10.4. The van der Waals surface area contributed by atoms with Crippen molar-refractivity contribution in [2.24, 2.45) is 0 Å². The molecule has 1 atom stereocenters. The van der Waals surface area contributed by atoms with Crippen LogP contribution >= 0.6 is 11.6 Å². The van der Waals surface area contributed by atoms with Crippen molar-refractivity contribution in [2.75, 3.05) is 23.7 Å². The summed E-state index contributed by atoms with van der Waals surface area (Å²) in [6, 6.07) is 15.3. The first-order chi connectivity index (χ1) is 15.0. The Hall–Kier alpha value is -3.16. The molecule has 6 nitrogen and oxygen atoms in total. The highest BCUT2D eigenvalue weighted by molar-refractivity contribution is 6.30. The van der Waals surface area contributed by atoms with E-state index in [2.05, 4.69) is 15.6 Å². The van der Waals surface area contributed by atoms with Crippen LogP contribution in [0.5, 0.6) is 0 Å². The number of aliphatic hydroxyl groups excluding tert-OH is 1. The number of aliphatic hydroxyl groups is 1. The van der Waals surface area contributed by atoms with E-state index in [0.29, 0.717) is 34.5 Å². The molecule has 4 rings (SSSR count). The lowest BCUT2D eigenvalue weighted by Crippen LogP contribution is -2.42. The van der Waals surface area contributed by atoms with Gasteiger partial charge in [-0.3, -0.25) is 5.41 Å². The maximum Gasteiger partial charge on any atom is 0.154 e. The predicted octanol–water partition coefficient (Wildman–Crippen LogP) is 4.62. The average Bonchev–Trinajstić information content (AvgIpc) is 2.73. The van der Waals surface area contributed by atoms with Crippen LogP contribution in [-0.4, -0.2) is 33.9 Å². The van der Waals surface area contributed by atoms with Gasteiger partial charge in [0.1, 0.15) is 17.5 Å². The van der Waals surface area contributed by atoms with Crippen molar-refractivity contribution in [3.63, 3.8) is 0 Å². The number of anilines is 2. The highest BCUT2D eigenvalue weighted by atomic mass is 35.5. The van der Waals surface area contributed by atoms with Crippen LogP contribution in [0.2, 0.25) is 5.02 Å². The number of hydrogen-bond acceptors (Lipinski definition) is 5. The summed E-state index contributed by atoms with van der Waals surface area (Å²) in [5, 5.41) is 25.4. The average molecular weight is 440 g/mol. The molecule has 0 aliphatic carbocycles. The molecule has 1 aliphatic heterocycles. The van der Waals surface area contributed by atoms with E-state index in [1.54, 1.807) is 18.2 Å². The molecule has 0 saturated carbocycles. The molecule has 1 aromatic heterocycles. The summed E-state index contributed by atoms with van der Waals surface area (Å²) in [5.74, 6) is 0.531. The number of hydrogen-bond donors (Lipinski definition) is 4. The Labute approximate surface area is 185 Å². The van der Waals surface area contributed by atoms with Crippen molar-refractivity contribution in [3.8, 4) is 0 Å². The lowest BCUT2D eigenvalue weighted by Gasteiger charge is -2.33. The second-order valence-corrected chi connectivity index (χ2v) is 7.82. The summed E-state index contributed by atoms with van der Waals surface area (Å²) in [4.78, 5) is 6.14. The number of aromatic nitrogens is 1. The normalized spacial score (nSPS) is 14.0. The molecule has 0 radical (unpaired) electrons.